The first-order valence-electron chi connectivity index (χ1n) is 5.98. The summed E-state index contributed by atoms with van der Waals surface area (Å²) in [6.07, 6.45) is 0. The fraction of sp³-hybridized carbons (Fsp3) is 1.00. The molecule has 15 heavy (non-hydrogen) atoms. The lowest BCUT2D eigenvalue weighted by Crippen LogP contribution is -2.51. The smallest absolute Gasteiger partial charge is 0.0196 e. The Kier molecular flexibility index (Phi) is 4.94. The van der Waals surface area contributed by atoms with Crippen LogP contribution in [0.4, 0.5) is 0 Å². The Balaban J connectivity index is 2.35. The summed E-state index contributed by atoms with van der Waals surface area (Å²) < 4.78 is 0. The number of thioether (sulfide) groups is 1. The molecule has 0 bridgehead atoms. The predicted molar refractivity (Wildman–Crippen MR) is 70.7 cm³/mol. The van der Waals surface area contributed by atoms with E-state index in [4.69, 9.17) is 0 Å². The maximum Gasteiger partial charge on any atom is 0.0196 e. The van der Waals surface area contributed by atoms with Crippen molar-refractivity contribution >= 4 is 11.8 Å². The molecule has 2 atom stereocenters. The zero-order valence-electron chi connectivity index (χ0n) is 10.8. The van der Waals surface area contributed by atoms with Gasteiger partial charge in [0.1, 0.15) is 0 Å². The van der Waals surface area contributed by atoms with Crippen LogP contribution >= 0.6 is 11.8 Å². The van der Waals surface area contributed by atoms with Crippen LogP contribution in [0.3, 0.4) is 0 Å². The fourth-order valence-electron chi connectivity index (χ4n) is 1.97. The molecule has 0 amide bonds. The average molecular weight is 230 g/mol. The fourth-order valence-corrected chi connectivity index (χ4v) is 3.01. The normalized spacial score (nSPS) is 26.6. The molecule has 3 heteroatoms. The Morgan fingerprint density at radius 2 is 2.13 bits per heavy atom. The summed E-state index contributed by atoms with van der Waals surface area (Å²) >= 11 is 2.09. The third-order valence-electron chi connectivity index (χ3n) is 2.91. The summed E-state index contributed by atoms with van der Waals surface area (Å²) in [6.45, 7) is 13.7. The minimum absolute atomic E-state index is 0.238. The molecule has 1 rings (SSSR count). The molecule has 0 aliphatic carbocycles. The average Bonchev–Trinajstić information content (AvgIpc) is 2.14. The molecule has 1 aliphatic rings. The SMILES string of the molecule is CC(CNC(C)(C)C)N1CCSCC1C. The maximum atomic E-state index is 3.59. The second kappa shape index (κ2) is 5.55. The van der Waals surface area contributed by atoms with Crippen molar-refractivity contribution in [3.05, 3.63) is 0 Å². The quantitative estimate of drug-likeness (QED) is 0.800. The summed E-state index contributed by atoms with van der Waals surface area (Å²) in [4.78, 5) is 2.63. The van der Waals surface area contributed by atoms with E-state index in [0.29, 0.717) is 6.04 Å². The summed E-state index contributed by atoms with van der Waals surface area (Å²) in [5.41, 5.74) is 0.238. The van der Waals surface area contributed by atoms with Crippen LogP contribution in [0.1, 0.15) is 34.6 Å². The van der Waals surface area contributed by atoms with Gasteiger partial charge < -0.3 is 5.32 Å². The van der Waals surface area contributed by atoms with Crippen LogP contribution in [0.5, 0.6) is 0 Å². The van der Waals surface area contributed by atoms with Crippen molar-refractivity contribution in [1.29, 1.82) is 0 Å². The molecule has 1 aliphatic heterocycles. The van der Waals surface area contributed by atoms with E-state index >= 15 is 0 Å². The van der Waals surface area contributed by atoms with Crippen molar-refractivity contribution in [2.75, 3.05) is 24.6 Å². The summed E-state index contributed by atoms with van der Waals surface area (Å²) in [5.74, 6) is 2.59. The molecule has 0 radical (unpaired) electrons. The van der Waals surface area contributed by atoms with Gasteiger partial charge in [0.05, 0.1) is 0 Å². The molecule has 1 fully saturated rings. The lowest BCUT2D eigenvalue weighted by molar-refractivity contribution is 0.162. The molecule has 0 aromatic carbocycles. The van der Waals surface area contributed by atoms with E-state index in [1.165, 1.54) is 18.1 Å². The third kappa shape index (κ3) is 4.75. The second-order valence-corrected chi connectivity index (χ2v) is 6.79. The van der Waals surface area contributed by atoms with Gasteiger partial charge in [0.15, 0.2) is 0 Å². The molecule has 1 heterocycles. The van der Waals surface area contributed by atoms with E-state index in [2.05, 4.69) is 56.6 Å². The van der Waals surface area contributed by atoms with Gasteiger partial charge >= 0.3 is 0 Å². The topological polar surface area (TPSA) is 15.3 Å². The Hall–Kier alpha value is 0.270. The second-order valence-electron chi connectivity index (χ2n) is 5.64. The molecule has 1 saturated heterocycles. The number of rotatable bonds is 3. The van der Waals surface area contributed by atoms with Crippen molar-refractivity contribution < 1.29 is 0 Å². The minimum atomic E-state index is 0.238. The van der Waals surface area contributed by atoms with Gasteiger partial charge in [-0.25, -0.2) is 0 Å². The predicted octanol–water partition coefficient (Wildman–Crippen LogP) is 2.20. The number of nitrogens with zero attached hydrogens (tertiary/aromatic N) is 1. The Labute approximate surface area is 99.2 Å². The minimum Gasteiger partial charge on any atom is -0.311 e. The van der Waals surface area contributed by atoms with Gasteiger partial charge in [-0.2, -0.15) is 11.8 Å². The van der Waals surface area contributed by atoms with Gasteiger partial charge in [-0.05, 0) is 34.6 Å². The maximum absolute atomic E-state index is 3.59. The van der Waals surface area contributed by atoms with Gasteiger partial charge in [-0.15, -0.1) is 0 Å². The Morgan fingerprint density at radius 3 is 2.67 bits per heavy atom. The van der Waals surface area contributed by atoms with Crippen LogP contribution in [-0.4, -0.2) is 47.1 Å². The van der Waals surface area contributed by atoms with Gasteiger partial charge in [0.25, 0.3) is 0 Å². The van der Waals surface area contributed by atoms with E-state index in [1.54, 1.807) is 0 Å². The first-order valence-corrected chi connectivity index (χ1v) is 7.14. The molecule has 0 saturated carbocycles. The van der Waals surface area contributed by atoms with Crippen LogP contribution in [0.2, 0.25) is 0 Å². The first-order chi connectivity index (χ1) is 6.90. The number of hydrogen-bond acceptors (Lipinski definition) is 3. The van der Waals surface area contributed by atoms with Gasteiger partial charge in [-0.1, -0.05) is 0 Å². The highest BCUT2D eigenvalue weighted by atomic mass is 32.2. The third-order valence-corrected chi connectivity index (χ3v) is 4.10. The zero-order valence-corrected chi connectivity index (χ0v) is 11.7. The van der Waals surface area contributed by atoms with Crippen molar-refractivity contribution in [3.63, 3.8) is 0 Å². The zero-order chi connectivity index (χ0) is 11.5. The number of hydrogen-bond donors (Lipinski definition) is 1. The molecular formula is C12H26N2S. The molecule has 0 aromatic heterocycles. The van der Waals surface area contributed by atoms with Gasteiger partial charge in [0.2, 0.25) is 0 Å². The highest BCUT2D eigenvalue weighted by Crippen LogP contribution is 2.18. The van der Waals surface area contributed by atoms with Crippen LogP contribution in [0.15, 0.2) is 0 Å². The first kappa shape index (κ1) is 13.3. The van der Waals surface area contributed by atoms with Crippen LogP contribution in [0, 0.1) is 0 Å². The van der Waals surface area contributed by atoms with Crippen LogP contribution in [-0.2, 0) is 0 Å². The summed E-state index contributed by atoms with van der Waals surface area (Å²) in [6, 6.07) is 1.39. The Morgan fingerprint density at radius 1 is 1.47 bits per heavy atom. The van der Waals surface area contributed by atoms with Gasteiger partial charge in [0, 0.05) is 42.2 Å². The van der Waals surface area contributed by atoms with Crippen LogP contribution in [0.25, 0.3) is 0 Å². The highest BCUT2D eigenvalue weighted by molar-refractivity contribution is 7.99. The van der Waals surface area contributed by atoms with Crippen LogP contribution < -0.4 is 5.32 Å². The highest BCUT2D eigenvalue weighted by Gasteiger charge is 2.24. The van der Waals surface area contributed by atoms with E-state index in [-0.39, 0.29) is 5.54 Å². The largest absolute Gasteiger partial charge is 0.311 e. The Bertz CT molecular complexity index is 189. The van der Waals surface area contributed by atoms with Crippen molar-refractivity contribution in [2.45, 2.75) is 52.2 Å². The molecular weight excluding hydrogens is 204 g/mol. The van der Waals surface area contributed by atoms with E-state index in [1.807, 2.05) is 0 Å². The monoisotopic (exact) mass is 230 g/mol. The molecule has 0 aromatic rings. The van der Waals surface area contributed by atoms with E-state index in [0.717, 1.165) is 12.6 Å². The lowest BCUT2D eigenvalue weighted by Gasteiger charge is -2.39. The van der Waals surface area contributed by atoms with E-state index in [9.17, 15) is 0 Å². The molecule has 90 valence electrons. The molecule has 1 N–H and O–H groups in total. The van der Waals surface area contributed by atoms with Crippen molar-refractivity contribution in [1.82, 2.24) is 10.2 Å². The summed E-state index contributed by atoms with van der Waals surface area (Å²) in [7, 11) is 0. The van der Waals surface area contributed by atoms with Gasteiger partial charge in [-0.3, -0.25) is 4.90 Å². The number of nitrogens with one attached hydrogen (secondary N) is 1. The standard InChI is InChI=1S/C12H26N2S/c1-10(8-13-12(3,4)5)14-6-7-15-9-11(14)2/h10-11,13H,6-9H2,1-5H3. The molecule has 2 nitrogen and oxygen atoms in total. The van der Waals surface area contributed by atoms with Crippen molar-refractivity contribution in [3.8, 4) is 0 Å². The molecule has 2 unspecified atom stereocenters. The van der Waals surface area contributed by atoms with E-state index < -0.39 is 0 Å². The van der Waals surface area contributed by atoms with Crippen molar-refractivity contribution in [2.24, 2.45) is 0 Å². The molecule has 0 spiro atoms. The lowest BCUT2D eigenvalue weighted by atomic mass is 10.1. The summed E-state index contributed by atoms with van der Waals surface area (Å²) in [5, 5.41) is 3.59.